The Morgan fingerprint density at radius 2 is 1.89 bits per heavy atom. The number of hydrogen-bond acceptors (Lipinski definition) is 3. The molecule has 2 N–H and O–H groups in total. The van der Waals surface area contributed by atoms with Crippen LogP contribution < -0.4 is 5.32 Å². The summed E-state index contributed by atoms with van der Waals surface area (Å²) < 4.78 is 4.99. The van der Waals surface area contributed by atoms with Crippen LogP contribution in [0.15, 0.2) is 42.5 Å². The Hall–Kier alpha value is -2.76. The fraction of sp³-hybridized carbons (Fsp3) is 0.143. The molecule has 5 nitrogen and oxygen atoms in total. The van der Waals surface area contributed by atoms with Gasteiger partial charge in [0.15, 0.2) is 0 Å². The minimum absolute atomic E-state index is 0.211. The molecule has 0 fully saturated rings. The summed E-state index contributed by atoms with van der Waals surface area (Å²) in [6, 6.07) is 12.5. The van der Waals surface area contributed by atoms with Gasteiger partial charge in [-0.3, -0.25) is 4.79 Å². The summed E-state index contributed by atoms with van der Waals surface area (Å²) in [6.07, 6.45) is 0. The van der Waals surface area contributed by atoms with Crippen LogP contribution in [0, 0.1) is 6.92 Å². The lowest BCUT2D eigenvalue weighted by Gasteiger charge is -2.14. The quantitative estimate of drug-likeness (QED) is 0.580. The zero-order valence-electron chi connectivity index (χ0n) is 15.1. The van der Waals surface area contributed by atoms with Crippen molar-refractivity contribution in [1.29, 1.82) is 0 Å². The number of esters is 1. The number of para-hydroxylation sites is 1. The average Bonchev–Trinajstić information content (AvgIpc) is 3.16. The Morgan fingerprint density at radius 3 is 2.61 bits per heavy atom. The van der Waals surface area contributed by atoms with Gasteiger partial charge in [-0.05, 0) is 36.8 Å². The van der Waals surface area contributed by atoms with Crippen molar-refractivity contribution in [2.75, 3.05) is 12.4 Å². The van der Waals surface area contributed by atoms with Gasteiger partial charge in [0.25, 0.3) is 0 Å². The third-order valence-corrected chi connectivity index (χ3v) is 5.44. The topological polar surface area (TPSA) is 71.2 Å². The maximum Gasteiger partial charge on any atom is 0.340 e. The number of benzene rings is 2. The summed E-state index contributed by atoms with van der Waals surface area (Å²) in [5.41, 5.74) is 4.23. The summed E-state index contributed by atoms with van der Waals surface area (Å²) in [6.45, 7) is 1.77. The number of halogens is 2. The van der Waals surface area contributed by atoms with Crippen molar-refractivity contribution in [2.45, 2.75) is 12.8 Å². The number of aryl methyl sites for hydroxylation is 1. The van der Waals surface area contributed by atoms with Gasteiger partial charge in [0, 0.05) is 27.5 Å². The predicted octanol–water partition coefficient (Wildman–Crippen LogP) is 5.17. The van der Waals surface area contributed by atoms with E-state index < -0.39 is 11.9 Å². The lowest BCUT2D eigenvalue weighted by molar-refractivity contribution is -0.116. The van der Waals surface area contributed by atoms with Gasteiger partial charge in [-0.15, -0.1) is 0 Å². The second-order valence-electron chi connectivity index (χ2n) is 6.54. The van der Waals surface area contributed by atoms with E-state index in [0.29, 0.717) is 38.1 Å². The smallest absolute Gasteiger partial charge is 0.340 e. The molecule has 0 spiro atoms. The second kappa shape index (κ2) is 7.00. The number of H-pyrrole nitrogens is 1. The van der Waals surface area contributed by atoms with E-state index in [-0.39, 0.29) is 5.91 Å². The number of aromatic nitrogens is 1. The largest absolute Gasteiger partial charge is 0.465 e. The number of carbonyl (C=O) groups excluding carboxylic acids is 2. The SMILES string of the molecule is COC(=O)c1c(C)[nH]c(-c2ccc(Cl)cc2Cl)c1C1C(=O)Nc2ccccc21. The van der Waals surface area contributed by atoms with Crippen LogP contribution in [0.3, 0.4) is 0 Å². The van der Waals surface area contributed by atoms with Gasteiger partial charge >= 0.3 is 5.97 Å². The number of ether oxygens (including phenoxy) is 1. The van der Waals surface area contributed by atoms with Crippen LogP contribution in [0.2, 0.25) is 10.0 Å². The van der Waals surface area contributed by atoms with Gasteiger partial charge in [-0.1, -0.05) is 41.4 Å². The average molecular weight is 415 g/mol. The molecule has 1 aliphatic heterocycles. The number of anilines is 1. The van der Waals surface area contributed by atoms with E-state index in [4.69, 9.17) is 27.9 Å². The highest BCUT2D eigenvalue weighted by Gasteiger charge is 2.38. The van der Waals surface area contributed by atoms with Gasteiger partial charge in [-0.2, -0.15) is 0 Å². The molecule has 28 heavy (non-hydrogen) atoms. The molecule has 142 valence electrons. The zero-order valence-corrected chi connectivity index (χ0v) is 16.6. The maximum absolute atomic E-state index is 12.9. The number of amides is 1. The zero-order chi connectivity index (χ0) is 20.0. The highest BCUT2D eigenvalue weighted by molar-refractivity contribution is 6.36. The fourth-order valence-electron chi connectivity index (χ4n) is 3.70. The van der Waals surface area contributed by atoms with E-state index in [1.807, 2.05) is 24.3 Å². The van der Waals surface area contributed by atoms with E-state index in [2.05, 4.69) is 10.3 Å². The molecule has 1 aromatic heterocycles. The van der Waals surface area contributed by atoms with Gasteiger partial charge in [0.1, 0.15) is 0 Å². The Bertz CT molecular complexity index is 1120. The molecule has 0 saturated carbocycles. The number of carbonyl (C=O) groups is 2. The van der Waals surface area contributed by atoms with Crippen molar-refractivity contribution < 1.29 is 14.3 Å². The molecule has 3 aromatic rings. The van der Waals surface area contributed by atoms with Crippen molar-refractivity contribution in [3.8, 4) is 11.3 Å². The van der Waals surface area contributed by atoms with Crippen LogP contribution in [0.4, 0.5) is 5.69 Å². The molecule has 0 aliphatic carbocycles. The molecular weight excluding hydrogens is 399 g/mol. The number of fused-ring (bicyclic) bond motifs is 1. The second-order valence-corrected chi connectivity index (χ2v) is 7.38. The van der Waals surface area contributed by atoms with Crippen LogP contribution in [0.1, 0.15) is 33.1 Å². The Morgan fingerprint density at radius 1 is 1.14 bits per heavy atom. The number of rotatable bonds is 3. The Labute approximate surface area is 171 Å². The molecule has 0 bridgehead atoms. The Kier molecular flexibility index (Phi) is 4.65. The number of aromatic amines is 1. The third-order valence-electron chi connectivity index (χ3n) is 4.90. The first-order chi connectivity index (χ1) is 13.4. The van der Waals surface area contributed by atoms with Crippen LogP contribution in [-0.2, 0) is 9.53 Å². The van der Waals surface area contributed by atoms with Gasteiger partial charge in [-0.25, -0.2) is 4.79 Å². The molecule has 2 heterocycles. The van der Waals surface area contributed by atoms with Crippen LogP contribution in [-0.4, -0.2) is 24.0 Å². The van der Waals surface area contributed by atoms with Gasteiger partial charge < -0.3 is 15.0 Å². The minimum atomic E-state index is -0.669. The van der Waals surface area contributed by atoms with Crippen molar-refractivity contribution >= 4 is 40.8 Å². The number of hydrogen-bond donors (Lipinski definition) is 2. The van der Waals surface area contributed by atoms with Gasteiger partial charge in [0.05, 0.1) is 29.3 Å². The number of nitrogens with one attached hydrogen (secondary N) is 2. The highest BCUT2D eigenvalue weighted by atomic mass is 35.5. The monoisotopic (exact) mass is 414 g/mol. The van der Waals surface area contributed by atoms with Gasteiger partial charge in [0.2, 0.25) is 5.91 Å². The summed E-state index contributed by atoms with van der Waals surface area (Å²) >= 11 is 12.5. The van der Waals surface area contributed by atoms with E-state index in [1.54, 1.807) is 25.1 Å². The molecule has 1 unspecified atom stereocenters. The van der Waals surface area contributed by atoms with E-state index >= 15 is 0 Å². The lowest BCUT2D eigenvalue weighted by Crippen LogP contribution is -2.17. The van der Waals surface area contributed by atoms with Crippen LogP contribution in [0.25, 0.3) is 11.3 Å². The van der Waals surface area contributed by atoms with E-state index in [0.717, 1.165) is 11.3 Å². The first kappa shape index (κ1) is 18.6. The molecular formula is C21H16Cl2N2O3. The summed E-state index contributed by atoms with van der Waals surface area (Å²) in [5, 5.41) is 3.79. The summed E-state index contributed by atoms with van der Waals surface area (Å²) in [5.74, 6) is -1.40. The summed E-state index contributed by atoms with van der Waals surface area (Å²) in [4.78, 5) is 28.7. The molecule has 0 saturated heterocycles. The molecule has 1 atom stereocenters. The van der Waals surface area contributed by atoms with Crippen LogP contribution >= 0.6 is 23.2 Å². The summed E-state index contributed by atoms with van der Waals surface area (Å²) in [7, 11) is 1.32. The van der Waals surface area contributed by atoms with Crippen LogP contribution in [0.5, 0.6) is 0 Å². The van der Waals surface area contributed by atoms with E-state index in [1.165, 1.54) is 7.11 Å². The fourth-order valence-corrected chi connectivity index (χ4v) is 4.20. The van der Waals surface area contributed by atoms with E-state index in [9.17, 15) is 9.59 Å². The molecule has 0 radical (unpaired) electrons. The standard InChI is InChI=1S/C21H16Cl2N2O3/c1-10-16(21(27)28-2)18(17-13-5-3-4-6-15(13)25-20(17)26)19(24-10)12-8-7-11(22)9-14(12)23/h3-9,17,24H,1-2H3,(H,25,26). The first-order valence-electron chi connectivity index (χ1n) is 8.58. The maximum atomic E-state index is 12.9. The van der Waals surface area contributed by atoms with Crippen molar-refractivity contribution in [1.82, 2.24) is 4.98 Å². The first-order valence-corrected chi connectivity index (χ1v) is 9.34. The number of methoxy groups -OCH3 is 1. The molecule has 1 amide bonds. The Balaban J connectivity index is 2.02. The normalized spacial score (nSPS) is 15.3. The molecule has 2 aromatic carbocycles. The highest BCUT2D eigenvalue weighted by Crippen LogP contribution is 2.45. The van der Waals surface area contributed by atoms with Crippen molar-refractivity contribution in [3.05, 3.63) is 74.9 Å². The lowest BCUT2D eigenvalue weighted by atomic mass is 9.87. The minimum Gasteiger partial charge on any atom is -0.465 e. The van der Waals surface area contributed by atoms with Crippen molar-refractivity contribution in [3.63, 3.8) is 0 Å². The van der Waals surface area contributed by atoms with Crippen molar-refractivity contribution in [2.24, 2.45) is 0 Å². The predicted molar refractivity (Wildman–Crippen MR) is 109 cm³/mol. The third kappa shape index (κ3) is 2.87. The molecule has 7 heteroatoms. The molecule has 4 rings (SSSR count). The molecule has 1 aliphatic rings.